The van der Waals surface area contributed by atoms with Gasteiger partial charge in [-0.1, -0.05) is 42.5 Å². The highest BCUT2D eigenvalue weighted by molar-refractivity contribution is 5.96. The number of ether oxygens (including phenoxy) is 2. The van der Waals surface area contributed by atoms with Gasteiger partial charge in [-0.25, -0.2) is 9.59 Å². The summed E-state index contributed by atoms with van der Waals surface area (Å²) in [6.07, 6.45) is -1.16. The van der Waals surface area contributed by atoms with Crippen LogP contribution in [0.25, 0.3) is 11.0 Å². The van der Waals surface area contributed by atoms with Gasteiger partial charge in [-0.3, -0.25) is 4.79 Å². The molecule has 1 heterocycles. The highest BCUT2D eigenvalue weighted by Gasteiger charge is 2.26. The Kier molecular flexibility index (Phi) is 6.96. The number of hydrogen-bond acceptors (Lipinski definition) is 6. The second-order valence-electron chi connectivity index (χ2n) is 8.28. The summed E-state index contributed by atoms with van der Waals surface area (Å²) < 4.78 is 16.3. The molecule has 0 bridgehead atoms. The molecule has 7 nitrogen and oxygen atoms in total. The fourth-order valence-corrected chi connectivity index (χ4v) is 3.67. The zero-order valence-corrected chi connectivity index (χ0v) is 19.7. The van der Waals surface area contributed by atoms with E-state index in [0.29, 0.717) is 22.6 Å². The van der Waals surface area contributed by atoms with Crippen molar-refractivity contribution >= 4 is 28.5 Å². The van der Waals surface area contributed by atoms with Crippen molar-refractivity contribution < 1.29 is 23.5 Å². The van der Waals surface area contributed by atoms with E-state index in [0.717, 1.165) is 22.1 Å². The summed E-state index contributed by atoms with van der Waals surface area (Å²) in [5.41, 5.74) is 3.74. The standard InChI is InChI=1S/C28H25NO6/c1-17-9-10-18(2)23(13-17)29-28(32)27(20-7-5-4-6-8-20)35-26(31)16-33-21-11-12-22-19(3)14-25(30)34-24(22)15-21/h4-15,27H,16H2,1-3H3,(H,29,32)/t27-/m1/s1. The fourth-order valence-electron chi connectivity index (χ4n) is 3.67. The van der Waals surface area contributed by atoms with Crippen molar-refractivity contribution in [2.75, 3.05) is 11.9 Å². The average molecular weight is 472 g/mol. The molecule has 4 aromatic rings. The van der Waals surface area contributed by atoms with Crippen molar-refractivity contribution in [3.05, 3.63) is 105 Å². The van der Waals surface area contributed by atoms with E-state index >= 15 is 0 Å². The maximum absolute atomic E-state index is 13.1. The summed E-state index contributed by atoms with van der Waals surface area (Å²) in [7, 11) is 0. The topological polar surface area (TPSA) is 94.8 Å². The van der Waals surface area contributed by atoms with Gasteiger partial charge in [0, 0.05) is 28.8 Å². The van der Waals surface area contributed by atoms with Gasteiger partial charge in [-0.05, 0) is 55.7 Å². The lowest BCUT2D eigenvalue weighted by molar-refractivity contribution is -0.156. The molecule has 7 heteroatoms. The normalized spacial score (nSPS) is 11.6. The van der Waals surface area contributed by atoms with E-state index < -0.39 is 30.2 Å². The summed E-state index contributed by atoms with van der Waals surface area (Å²) >= 11 is 0. The minimum atomic E-state index is -1.16. The highest BCUT2D eigenvalue weighted by atomic mass is 16.6. The number of nitrogens with one attached hydrogen (secondary N) is 1. The van der Waals surface area contributed by atoms with Crippen LogP contribution in [0.15, 0.2) is 82.0 Å². The summed E-state index contributed by atoms with van der Waals surface area (Å²) in [4.78, 5) is 37.4. The SMILES string of the molecule is Cc1ccc(C)c(NC(=O)[C@H](OC(=O)COc2ccc3c(C)cc(=O)oc3c2)c2ccccc2)c1. The molecule has 1 atom stereocenters. The van der Waals surface area contributed by atoms with Gasteiger partial charge in [0.05, 0.1) is 0 Å². The Hall–Kier alpha value is -4.39. The minimum Gasteiger partial charge on any atom is -0.482 e. The Balaban J connectivity index is 1.48. The molecule has 0 spiro atoms. The number of esters is 1. The van der Waals surface area contributed by atoms with Crippen LogP contribution in [-0.4, -0.2) is 18.5 Å². The number of benzene rings is 3. The van der Waals surface area contributed by atoms with Crippen LogP contribution < -0.4 is 15.7 Å². The van der Waals surface area contributed by atoms with Crippen LogP contribution in [0.4, 0.5) is 5.69 Å². The highest BCUT2D eigenvalue weighted by Crippen LogP contribution is 2.24. The number of carbonyl (C=O) groups excluding carboxylic acids is 2. The van der Waals surface area contributed by atoms with Crippen molar-refractivity contribution in [1.82, 2.24) is 0 Å². The first kappa shape index (κ1) is 23.8. The number of hydrogen-bond donors (Lipinski definition) is 1. The lowest BCUT2D eigenvalue weighted by Crippen LogP contribution is -2.28. The van der Waals surface area contributed by atoms with Gasteiger partial charge in [-0.2, -0.15) is 0 Å². The lowest BCUT2D eigenvalue weighted by Gasteiger charge is -2.19. The molecule has 0 aliphatic heterocycles. The van der Waals surface area contributed by atoms with Crippen molar-refractivity contribution in [3.63, 3.8) is 0 Å². The molecular formula is C28H25NO6. The van der Waals surface area contributed by atoms with Crippen LogP contribution in [0.3, 0.4) is 0 Å². The summed E-state index contributed by atoms with van der Waals surface area (Å²) in [5.74, 6) is -0.860. The van der Waals surface area contributed by atoms with Crippen LogP contribution in [-0.2, 0) is 14.3 Å². The molecule has 1 amide bonds. The lowest BCUT2D eigenvalue weighted by atomic mass is 10.1. The molecule has 1 N–H and O–H groups in total. The average Bonchev–Trinajstić information content (AvgIpc) is 2.83. The number of anilines is 1. The third-order valence-corrected chi connectivity index (χ3v) is 5.52. The third-order valence-electron chi connectivity index (χ3n) is 5.52. The molecule has 0 fully saturated rings. The van der Waals surface area contributed by atoms with Gasteiger partial charge in [0.2, 0.25) is 6.10 Å². The second kappa shape index (κ2) is 10.3. The van der Waals surface area contributed by atoms with Gasteiger partial charge >= 0.3 is 11.6 Å². The molecule has 35 heavy (non-hydrogen) atoms. The number of carbonyl (C=O) groups is 2. The molecule has 0 saturated carbocycles. The zero-order valence-electron chi connectivity index (χ0n) is 19.7. The summed E-state index contributed by atoms with van der Waals surface area (Å²) in [6, 6.07) is 20.9. The van der Waals surface area contributed by atoms with E-state index in [4.69, 9.17) is 13.9 Å². The third kappa shape index (κ3) is 5.76. The molecule has 0 aliphatic carbocycles. The molecule has 0 unspecified atom stereocenters. The predicted octanol–water partition coefficient (Wildman–Crippen LogP) is 5.02. The number of rotatable bonds is 7. The monoisotopic (exact) mass is 471 g/mol. The van der Waals surface area contributed by atoms with Crippen molar-refractivity contribution in [2.24, 2.45) is 0 Å². The van der Waals surface area contributed by atoms with Crippen LogP contribution in [0, 0.1) is 20.8 Å². The van der Waals surface area contributed by atoms with Crippen LogP contribution >= 0.6 is 0 Å². The zero-order chi connectivity index (χ0) is 24.9. The molecule has 1 aromatic heterocycles. The number of aryl methyl sites for hydroxylation is 3. The largest absolute Gasteiger partial charge is 0.482 e. The summed E-state index contributed by atoms with van der Waals surface area (Å²) in [5, 5.41) is 3.63. The van der Waals surface area contributed by atoms with Crippen LogP contribution in [0.2, 0.25) is 0 Å². The van der Waals surface area contributed by atoms with Gasteiger partial charge in [0.25, 0.3) is 5.91 Å². The van der Waals surface area contributed by atoms with Crippen LogP contribution in [0.1, 0.15) is 28.4 Å². The van der Waals surface area contributed by atoms with E-state index in [-0.39, 0.29) is 0 Å². The minimum absolute atomic E-state index is 0.333. The molecule has 3 aromatic carbocycles. The summed E-state index contributed by atoms with van der Waals surface area (Å²) in [6.45, 7) is 5.20. The Morgan fingerprint density at radius 2 is 1.69 bits per heavy atom. The molecule has 0 saturated heterocycles. The molecule has 4 rings (SSSR count). The predicted molar refractivity (Wildman–Crippen MR) is 133 cm³/mol. The Labute approximate surface area is 202 Å². The van der Waals surface area contributed by atoms with Gasteiger partial charge in [0.1, 0.15) is 11.3 Å². The maximum Gasteiger partial charge on any atom is 0.345 e. The first-order valence-electron chi connectivity index (χ1n) is 11.1. The van der Waals surface area contributed by atoms with Crippen molar-refractivity contribution in [2.45, 2.75) is 26.9 Å². The Bertz CT molecular complexity index is 1440. The first-order chi connectivity index (χ1) is 16.8. The molecule has 0 radical (unpaired) electrons. The van der Waals surface area contributed by atoms with E-state index in [1.54, 1.807) is 42.5 Å². The fraction of sp³-hybridized carbons (Fsp3) is 0.179. The second-order valence-corrected chi connectivity index (χ2v) is 8.28. The maximum atomic E-state index is 13.1. The molecular weight excluding hydrogens is 446 g/mol. The van der Waals surface area contributed by atoms with E-state index in [1.807, 2.05) is 45.0 Å². The quantitative estimate of drug-likeness (QED) is 0.300. The first-order valence-corrected chi connectivity index (χ1v) is 11.1. The number of amides is 1. The van der Waals surface area contributed by atoms with Crippen molar-refractivity contribution in [3.8, 4) is 5.75 Å². The van der Waals surface area contributed by atoms with Crippen molar-refractivity contribution in [1.29, 1.82) is 0 Å². The van der Waals surface area contributed by atoms with Gasteiger partial charge in [0.15, 0.2) is 6.61 Å². The molecule has 0 aliphatic rings. The Morgan fingerprint density at radius 3 is 2.46 bits per heavy atom. The van der Waals surface area contributed by atoms with E-state index in [9.17, 15) is 14.4 Å². The van der Waals surface area contributed by atoms with Gasteiger partial charge < -0.3 is 19.2 Å². The number of fused-ring (bicyclic) bond motifs is 1. The van der Waals surface area contributed by atoms with E-state index in [2.05, 4.69) is 5.32 Å². The Morgan fingerprint density at radius 1 is 0.914 bits per heavy atom. The molecule has 178 valence electrons. The van der Waals surface area contributed by atoms with Crippen LogP contribution in [0.5, 0.6) is 5.75 Å². The van der Waals surface area contributed by atoms with E-state index in [1.165, 1.54) is 6.07 Å². The van der Waals surface area contributed by atoms with Gasteiger partial charge in [-0.15, -0.1) is 0 Å². The smallest absolute Gasteiger partial charge is 0.345 e.